The molecule has 0 radical (unpaired) electrons. The van der Waals surface area contributed by atoms with E-state index in [0.717, 1.165) is 0 Å². The van der Waals surface area contributed by atoms with Gasteiger partial charge in [0.25, 0.3) is 0 Å². The molecule has 8 heteroatoms. The van der Waals surface area contributed by atoms with E-state index in [-0.39, 0.29) is 18.1 Å². The van der Waals surface area contributed by atoms with Crippen molar-refractivity contribution in [2.45, 2.75) is 6.92 Å². The Kier molecular flexibility index (Phi) is 3.81. The largest absolute Gasteiger partial charge is 0.325 e. The third-order valence-electron chi connectivity index (χ3n) is 2.42. The van der Waals surface area contributed by atoms with Gasteiger partial charge in [-0.3, -0.25) is 4.79 Å². The van der Waals surface area contributed by atoms with Gasteiger partial charge in [-0.25, -0.2) is 4.39 Å². The number of amides is 1. The van der Waals surface area contributed by atoms with Gasteiger partial charge in [0.2, 0.25) is 5.91 Å². The van der Waals surface area contributed by atoms with E-state index in [0.29, 0.717) is 11.5 Å². The summed E-state index contributed by atoms with van der Waals surface area (Å²) in [4.78, 5) is 11.4. The van der Waals surface area contributed by atoms with Gasteiger partial charge in [-0.1, -0.05) is 0 Å². The Labute approximate surface area is 108 Å². The molecule has 0 bridgehead atoms. The fraction of sp³-hybridized carbons (Fsp3) is 0.273. The smallest absolute Gasteiger partial charge is 0.238 e. The number of aryl methyl sites for hydroxylation is 1. The molecule has 1 aromatic carbocycles. The Hall–Kier alpha value is -2.35. The minimum atomic E-state index is -0.470. The predicted octanol–water partition coefficient (Wildman–Crippen LogP) is 0.268. The normalized spacial score (nSPS) is 10.5. The first-order valence-electron chi connectivity index (χ1n) is 5.61. The quantitative estimate of drug-likeness (QED) is 0.828. The number of tetrazole rings is 1. The van der Waals surface area contributed by atoms with Crippen molar-refractivity contribution in [3.05, 3.63) is 29.8 Å². The molecule has 0 saturated carbocycles. The summed E-state index contributed by atoms with van der Waals surface area (Å²) in [5, 5.41) is 16.2. The molecule has 0 fully saturated rings. The molecule has 0 aliphatic heterocycles. The lowest BCUT2D eigenvalue weighted by Gasteiger charge is -2.08. The molecule has 0 spiro atoms. The maximum atomic E-state index is 13.8. The zero-order chi connectivity index (χ0) is 13.8. The second kappa shape index (κ2) is 5.53. The van der Waals surface area contributed by atoms with Crippen LogP contribution < -0.4 is 10.6 Å². The van der Waals surface area contributed by atoms with Crippen molar-refractivity contribution < 1.29 is 9.18 Å². The number of likely N-dealkylation sites (N-methyl/N-ethyl adjacent to an activating group) is 1. The molecule has 0 atom stereocenters. The van der Waals surface area contributed by atoms with Gasteiger partial charge in [-0.15, -0.1) is 5.10 Å². The van der Waals surface area contributed by atoms with Crippen molar-refractivity contribution in [2.75, 3.05) is 18.9 Å². The summed E-state index contributed by atoms with van der Waals surface area (Å²) in [5.41, 5.74) is 0.663. The lowest BCUT2D eigenvalue weighted by atomic mass is 10.2. The summed E-state index contributed by atoms with van der Waals surface area (Å²) in [6, 6.07) is 4.21. The highest BCUT2D eigenvalue weighted by Gasteiger charge is 2.11. The Balaban J connectivity index is 2.30. The highest BCUT2D eigenvalue weighted by atomic mass is 19.1. The van der Waals surface area contributed by atoms with Crippen molar-refractivity contribution in [2.24, 2.45) is 0 Å². The van der Waals surface area contributed by atoms with Crippen molar-refractivity contribution in [1.82, 2.24) is 25.5 Å². The van der Waals surface area contributed by atoms with Crippen LogP contribution in [0, 0.1) is 12.7 Å². The molecule has 0 aliphatic carbocycles. The Bertz CT molecular complexity index is 597. The highest BCUT2D eigenvalue weighted by molar-refractivity contribution is 5.92. The molecule has 2 rings (SSSR count). The molecular formula is C11H13FN6O. The number of anilines is 1. The third-order valence-corrected chi connectivity index (χ3v) is 2.42. The first-order valence-corrected chi connectivity index (χ1v) is 5.61. The minimum Gasteiger partial charge on any atom is -0.325 e. The minimum absolute atomic E-state index is 0.177. The van der Waals surface area contributed by atoms with E-state index in [1.54, 1.807) is 14.0 Å². The van der Waals surface area contributed by atoms with E-state index in [1.165, 1.54) is 22.9 Å². The summed E-state index contributed by atoms with van der Waals surface area (Å²) < 4.78 is 15.0. The van der Waals surface area contributed by atoms with Crippen LogP contribution in [0.3, 0.4) is 0 Å². The summed E-state index contributed by atoms with van der Waals surface area (Å²) in [7, 11) is 1.67. The van der Waals surface area contributed by atoms with Crippen molar-refractivity contribution >= 4 is 11.6 Å². The van der Waals surface area contributed by atoms with E-state index in [1.807, 2.05) is 0 Å². The first-order chi connectivity index (χ1) is 9.11. The molecule has 7 nitrogen and oxygen atoms in total. The lowest BCUT2D eigenvalue weighted by molar-refractivity contribution is -0.115. The fourth-order valence-electron chi connectivity index (χ4n) is 1.57. The van der Waals surface area contributed by atoms with Gasteiger partial charge in [0.05, 0.1) is 6.54 Å². The van der Waals surface area contributed by atoms with Crippen LogP contribution in [0.25, 0.3) is 5.69 Å². The standard InChI is InChI=1S/C11H13FN6O/c1-7-15-16-17-18(7)10-5-8(3-4-9(10)12)14-11(19)6-13-2/h3-5,13H,6H2,1-2H3,(H,14,19). The molecule has 0 unspecified atom stereocenters. The maximum absolute atomic E-state index is 13.8. The molecule has 1 heterocycles. The van der Waals surface area contributed by atoms with Crippen LogP contribution in [0.15, 0.2) is 18.2 Å². The molecule has 1 amide bonds. The van der Waals surface area contributed by atoms with E-state index in [9.17, 15) is 9.18 Å². The summed E-state index contributed by atoms with van der Waals surface area (Å²) in [5.74, 6) is -0.229. The number of carbonyl (C=O) groups excluding carboxylic acids is 1. The van der Waals surface area contributed by atoms with Crippen LogP contribution in [0.4, 0.5) is 10.1 Å². The number of nitrogens with one attached hydrogen (secondary N) is 2. The third kappa shape index (κ3) is 2.91. The van der Waals surface area contributed by atoms with Crippen molar-refractivity contribution in [1.29, 1.82) is 0 Å². The van der Waals surface area contributed by atoms with E-state index >= 15 is 0 Å². The number of halogens is 1. The first kappa shape index (κ1) is 13.1. The maximum Gasteiger partial charge on any atom is 0.238 e. The van der Waals surface area contributed by atoms with Gasteiger partial charge in [0, 0.05) is 5.69 Å². The average Bonchev–Trinajstić information content (AvgIpc) is 2.78. The average molecular weight is 264 g/mol. The fourth-order valence-corrected chi connectivity index (χ4v) is 1.57. The van der Waals surface area contributed by atoms with Crippen LogP contribution in [0.5, 0.6) is 0 Å². The molecule has 0 saturated heterocycles. The lowest BCUT2D eigenvalue weighted by Crippen LogP contribution is -2.25. The van der Waals surface area contributed by atoms with Crippen LogP contribution in [-0.4, -0.2) is 39.7 Å². The number of nitrogens with zero attached hydrogens (tertiary/aromatic N) is 4. The second-order valence-electron chi connectivity index (χ2n) is 3.88. The van der Waals surface area contributed by atoms with Crippen molar-refractivity contribution in [3.8, 4) is 5.69 Å². The van der Waals surface area contributed by atoms with E-state index in [4.69, 9.17) is 0 Å². The summed E-state index contributed by atoms with van der Waals surface area (Å²) in [6.07, 6.45) is 0. The number of benzene rings is 1. The Morgan fingerprint density at radius 3 is 2.89 bits per heavy atom. The molecule has 2 aromatic rings. The van der Waals surface area contributed by atoms with Gasteiger partial charge in [-0.2, -0.15) is 4.68 Å². The second-order valence-corrected chi connectivity index (χ2v) is 3.88. The van der Waals surface area contributed by atoms with Gasteiger partial charge in [0.15, 0.2) is 5.82 Å². The van der Waals surface area contributed by atoms with Crippen LogP contribution in [-0.2, 0) is 4.79 Å². The highest BCUT2D eigenvalue weighted by Crippen LogP contribution is 2.18. The number of rotatable bonds is 4. The van der Waals surface area contributed by atoms with Gasteiger partial charge >= 0.3 is 0 Å². The van der Waals surface area contributed by atoms with Crippen LogP contribution in [0.1, 0.15) is 5.82 Å². The number of carbonyl (C=O) groups is 1. The van der Waals surface area contributed by atoms with E-state index in [2.05, 4.69) is 26.2 Å². The van der Waals surface area contributed by atoms with Gasteiger partial charge < -0.3 is 10.6 Å². The molecule has 19 heavy (non-hydrogen) atoms. The molecular weight excluding hydrogens is 251 g/mol. The predicted molar refractivity (Wildman–Crippen MR) is 66.4 cm³/mol. The van der Waals surface area contributed by atoms with Gasteiger partial charge in [0.1, 0.15) is 11.5 Å². The number of aromatic nitrogens is 4. The van der Waals surface area contributed by atoms with Crippen LogP contribution >= 0.6 is 0 Å². The molecule has 0 aliphatic rings. The summed E-state index contributed by atoms with van der Waals surface area (Å²) in [6.45, 7) is 1.84. The van der Waals surface area contributed by atoms with E-state index < -0.39 is 5.82 Å². The zero-order valence-electron chi connectivity index (χ0n) is 10.5. The van der Waals surface area contributed by atoms with Crippen molar-refractivity contribution in [3.63, 3.8) is 0 Å². The molecule has 2 N–H and O–H groups in total. The van der Waals surface area contributed by atoms with Crippen LogP contribution in [0.2, 0.25) is 0 Å². The number of hydrogen-bond acceptors (Lipinski definition) is 5. The van der Waals surface area contributed by atoms with Gasteiger partial charge in [-0.05, 0) is 42.6 Å². The SMILES string of the molecule is CNCC(=O)Nc1ccc(F)c(-n2nnnc2C)c1. The summed E-state index contributed by atoms with van der Waals surface area (Å²) >= 11 is 0. The number of hydrogen-bond donors (Lipinski definition) is 2. The topological polar surface area (TPSA) is 84.7 Å². The molecule has 100 valence electrons. The monoisotopic (exact) mass is 264 g/mol. The molecule has 1 aromatic heterocycles. The zero-order valence-corrected chi connectivity index (χ0v) is 10.5. The Morgan fingerprint density at radius 2 is 2.26 bits per heavy atom. The Morgan fingerprint density at radius 1 is 1.47 bits per heavy atom.